The molecule has 88 valence electrons. The maximum absolute atomic E-state index is 5.25. The average Bonchev–Trinajstić information content (AvgIpc) is 2.23. The highest BCUT2D eigenvalue weighted by atomic mass is 79.9. The van der Waals surface area contributed by atoms with E-state index in [-0.39, 0.29) is 0 Å². The van der Waals surface area contributed by atoms with E-state index in [4.69, 9.17) is 4.74 Å². The highest BCUT2D eigenvalue weighted by Crippen LogP contribution is 2.39. The highest BCUT2D eigenvalue weighted by molar-refractivity contribution is 9.10. The van der Waals surface area contributed by atoms with Crippen LogP contribution in [0.2, 0.25) is 0 Å². The molecule has 1 fully saturated rings. The zero-order valence-corrected chi connectivity index (χ0v) is 11.4. The monoisotopic (exact) mass is 283 g/mol. The lowest BCUT2D eigenvalue weighted by molar-refractivity contribution is 0.239. The normalized spacial score (nSPS) is 17.9. The molecule has 1 aromatic carbocycles. The lowest BCUT2D eigenvalue weighted by atomic mass is 9.77. The van der Waals surface area contributed by atoms with Gasteiger partial charge in [0.15, 0.2) is 0 Å². The number of hydrogen-bond donors (Lipinski definition) is 1. The van der Waals surface area contributed by atoms with Crippen LogP contribution in [0.3, 0.4) is 0 Å². The third-order valence-electron chi connectivity index (χ3n) is 3.47. The van der Waals surface area contributed by atoms with Crippen LogP contribution >= 0.6 is 15.9 Å². The predicted octanol–water partition coefficient (Wildman–Crippen LogP) is 3.52. The molecule has 1 aromatic rings. The van der Waals surface area contributed by atoms with Crippen molar-refractivity contribution in [2.45, 2.75) is 25.3 Å². The quantitative estimate of drug-likeness (QED) is 0.913. The standard InChI is InChI=1S/C13H18BrNO/c1-15-13(9-4-3-5-9)10-6-7-12(16-2)11(14)8-10/h6-9,13,15H,3-5H2,1-2H3. The second-order valence-electron chi connectivity index (χ2n) is 4.35. The number of halogens is 1. The van der Waals surface area contributed by atoms with Gasteiger partial charge in [0.05, 0.1) is 11.6 Å². The third kappa shape index (κ3) is 2.25. The first-order valence-electron chi connectivity index (χ1n) is 5.77. The summed E-state index contributed by atoms with van der Waals surface area (Å²) in [5.74, 6) is 1.69. The molecule has 0 amide bonds. The molecule has 0 aliphatic heterocycles. The summed E-state index contributed by atoms with van der Waals surface area (Å²) in [6.07, 6.45) is 4.06. The van der Waals surface area contributed by atoms with Gasteiger partial charge in [-0.05, 0) is 59.4 Å². The number of methoxy groups -OCH3 is 1. The number of nitrogens with one attached hydrogen (secondary N) is 1. The number of hydrogen-bond acceptors (Lipinski definition) is 2. The number of rotatable bonds is 4. The van der Waals surface area contributed by atoms with Crippen LogP contribution in [-0.4, -0.2) is 14.2 Å². The Balaban J connectivity index is 2.21. The van der Waals surface area contributed by atoms with Gasteiger partial charge in [0, 0.05) is 6.04 Å². The molecule has 0 bridgehead atoms. The summed E-state index contributed by atoms with van der Waals surface area (Å²) >= 11 is 3.54. The molecular formula is C13H18BrNO. The van der Waals surface area contributed by atoms with E-state index in [0.29, 0.717) is 6.04 Å². The Morgan fingerprint density at radius 2 is 2.19 bits per heavy atom. The van der Waals surface area contributed by atoms with E-state index in [1.165, 1.54) is 24.8 Å². The molecule has 0 radical (unpaired) electrons. The summed E-state index contributed by atoms with van der Waals surface area (Å²) in [5.41, 5.74) is 1.35. The predicted molar refractivity (Wildman–Crippen MR) is 69.8 cm³/mol. The summed E-state index contributed by atoms with van der Waals surface area (Å²) in [6, 6.07) is 6.83. The molecule has 0 saturated heterocycles. The zero-order valence-electron chi connectivity index (χ0n) is 9.79. The van der Waals surface area contributed by atoms with Crippen molar-refractivity contribution in [1.82, 2.24) is 5.32 Å². The molecule has 16 heavy (non-hydrogen) atoms. The Hall–Kier alpha value is -0.540. The van der Waals surface area contributed by atoms with Crippen molar-refractivity contribution in [3.05, 3.63) is 28.2 Å². The Labute approximate surface area is 106 Å². The van der Waals surface area contributed by atoms with Gasteiger partial charge in [-0.3, -0.25) is 0 Å². The number of benzene rings is 1. The first-order chi connectivity index (χ1) is 7.76. The zero-order chi connectivity index (χ0) is 11.5. The van der Waals surface area contributed by atoms with Gasteiger partial charge >= 0.3 is 0 Å². The molecular weight excluding hydrogens is 266 g/mol. The van der Waals surface area contributed by atoms with E-state index in [0.717, 1.165) is 16.1 Å². The van der Waals surface area contributed by atoms with Gasteiger partial charge in [-0.15, -0.1) is 0 Å². The topological polar surface area (TPSA) is 21.3 Å². The second kappa shape index (κ2) is 5.19. The van der Waals surface area contributed by atoms with Crippen molar-refractivity contribution in [3.8, 4) is 5.75 Å². The van der Waals surface area contributed by atoms with Crippen molar-refractivity contribution in [2.24, 2.45) is 5.92 Å². The SMILES string of the molecule is CNC(c1ccc(OC)c(Br)c1)C1CCC1. The summed E-state index contributed by atoms with van der Waals surface area (Å²) in [5, 5.41) is 3.42. The minimum atomic E-state index is 0.482. The Kier molecular flexibility index (Phi) is 3.87. The fourth-order valence-corrected chi connectivity index (χ4v) is 2.88. The molecule has 1 atom stereocenters. The third-order valence-corrected chi connectivity index (χ3v) is 4.09. The highest BCUT2D eigenvalue weighted by Gasteiger charge is 2.27. The van der Waals surface area contributed by atoms with E-state index in [1.807, 2.05) is 13.1 Å². The van der Waals surface area contributed by atoms with E-state index in [2.05, 4.69) is 33.4 Å². The van der Waals surface area contributed by atoms with Crippen LogP contribution in [-0.2, 0) is 0 Å². The summed E-state index contributed by atoms with van der Waals surface area (Å²) in [7, 11) is 3.74. The van der Waals surface area contributed by atoms with Crippen LogP contribution in [0.1, 0.15) is 30.9 Å². The molecule has 1 aliphatic rings. The molecule has 2 nitrogen and oxygen atoms in total. The lowest BCUT2D eigenvalue weighted by Gasteiger charge is -2.34. The van der Waals surface area contributed by atoms with E-state index in [9.17, 15) is 0 Å². The van der Waals surface area contributed by atoms with Crippen molar-refractivity contribution in [3.63, 3.8) is 0 Å². The van der Waals surface area contributed by atoms with Crippen LogP contribution in [0.4, 0.5) is 0 Å². The fourth-order valence-electron chi connectivity index (χ4n) is 2.32. The van der Waals surface area contributed by atoms with Crippen molar-refractivity contribution < 1.29 is 4.74 Å². The molecule has 0 spiro atoms. The van der Waals surface area contributed by atoms with Crippen molar-refractivity contribution >= 4 is 15.9 Å². The van der Waals surface area contributed by atoms with Crippen LogP contribution in [0.15, 0.2) is 22.7 Å². The first kappa shape index (κ1) is 11.9. The summed E-state index contributed by atoms with van der Waals surface area (Å²) in [6.45, 7) is 0. The van der Waals surface area contributed by atoms with Gasteiger partial charge in [-0.2, -0.15) is 0 Å². The average molecular weight is 284 g/mol. The maximum atomic E-state index is 5.25. The summed E-state index contributed by atoms with van der Waals surface area (Å²) < 4.78 is 6.28. The molecule has 3 heteroatoms. The molecule has 2 rings (SSSR count). The van der Waals surface area contributed by atoms with E-state index in [1.54, 1.807) is 7.11 Å². The van der Waals surface area contributed by atoms with Crippen LogP contribution in [0, 0.1) is 5.92 Å². The fraction of sp³-hybridized carbons (Fsp3) is 0.538. The molecule has 1 unspecified atom stereocenters. The number of ether oxygens (including phenoxy) is 1. The van der Waals surface area contributed by atoms with Gasteiger partial charge in [-0.1, -0.05) is 12.5 Å². The second-order valence-corrected chi connectivity index (χ2v) is 5.21. The summed E-state index contributed by atoms with van der Waals surface area (Å²) in [4.78, 5) is 0. The van der Waals surface area contributed by atoms with Gasteiger partial charge in [0.1, 0.15) is 5.75 Å². The lowest BCUT2D eigenvalue weighted by Crippen LogP contribution is -2.29. The van der Waals surface area contributed by atoms with Crippen molar-refractivity contribution in [2.75, 3.05) is 14.2 Å². The molecule has 1 saturated carbocycles. The van der Waals surface area contributed by atoms with Crippen molar-refractivity contribution in [1.29, 1.82) is 0 Å². The van der Waals surface area contributed by atoms with Gasteiger partial charge in [-0.25, -0.2) is 0 Å². The molecule has 1 aliphatic carbocycles. The van der Waals surface area contributed by atoms with Gasteiger partial charge < -0.3 is 10.1 Å². The minimum Gasteiger partial charge on any atom is -0.496 e. The molecule has 1 N–H and O–H groups in total. The van der Waals surface area contributed by atoms with Gasteiger partial charge in [0.25, 0.3) is 0 Å². The largest absolute Gasteiger partial charge is 0.496 e. The Morgan fingerprint density at radius 1 is 1.44 bits per heavy atom. The molecule has 0 aromatic heterocycles. The van der Waals surface area contributed by atoms with E-state index < -0.39 is 0 Å². The minimum absolute atomic E-state index is 0.482. The maximum Gasteiger partial charge on any atom is 0.133 e. The van der Waals surface area contributed by atoms with Crippen LogP contribution in [0.25, 0.3) is 0 Å². The molecule has 0 heterocycles. The first-order valence-corrected chi connectivity index (χ1v) is 6.56. The Bertz CT molecular complexity index is 363. The smallest absolute Gasteiger partial charge is 0.133 e. The van der Waals surface area contributed by atoms with E-state index >= 15 is 0 Å². The van der Waals surface area contributed by atoms with Gasteiger partial charge in [0.2, 0.25) is 0 Å². The Morgan fingerprint density at radius 3 is 2.62 bits per heavy atom. The van der Waals surface area contributed by atoms with Crippen LogP contribution < -0.4 is 10.1 Å². The van der Waals surface area contributed by atoms with Crippen LogP contribution in [0.5, 0.6) is 5.75 Å².